The first-order chi connectivity index (χ1) is 9.88. The maximum atomic E-state index is 12.4. The minimum absolute atomic E-state index is 0.00796. The third kappa shape index (κ3) is 3.16. The fourth-order valence-corrected chi connectivity index (χ4v) is 5.24. The van der Waals surface area contributed by atoms with Crippen molar-refractivity contribution in [2.24, 2.45) is 5.73 Å². The van der Waals surface area contributed by atoms with E-state index in [0.29, 0.717) is 5.00 Å². The highest BCUT2D eigenvalue weighted by molar-refractivity contribution is 7.92. The monoisotopic (exact) mass is 331 g/mol. The number of nitrogen functional groups attached to an aromatic ring is 1. The number of nitrogens with two attached hydrogens (primary N) is 2. The third-order valence-electron chi connectivity index (χ3n) is 3.69. The molecule has 0 aromatic carbocycles. The number of carbonyl (C=O) groups is 1. The Kier molecular flexibility index (Phi) is 4.77. The van der Waals surface area contributed by atoms with Gasteiger partial charge in [0.2, 0.25) is 0 Å². The zero-order valence-corrected chi connectivity index (χ0v) is 13.7. The average molecular weight is 331 g/mol. The predicted molar refractivity (Wildman–Crippen MR) is 85.7 cm³/mol. The second-order valence-corrected chi connectivity index (χ2v) is 8.36. The van der Waals surface area contributed by atoms with Gasteiger partial charge in [-0.25, -0.2) is 8.42 Å². The summed E-state index contributed by atoms with van der Waals surface area (Å²) in [5, 5.41) is 0.574. The standard InChI is InChI=1S/C13H21N3O3S2/c1-2-21(18,19)11-9(14)10(12(15)17)20-13(11)16-7-5-3-4-6-8-16/h2-8,14H2,1H3,(H2,15,17). The highest BCUT2D eigenvalue weighted by Crippen LogP contribution is 2.42. The summed E-state index contributed by atoms with van der Waals surface area (Å²) in [6, 6.07) is 0. The topological polar surface area (TPSA) is 106 Å². The van der Waals surface area contributed by atoms with Crippen LogP contribution in [0.2, 0.25) is 0 Å². The lowest BCUT2D eigenvalue weighted by Crippen LogP contribution is -2.25. The Labute approximate surface area is 129 Å². The van der Waals surface area contributed by atoms with Crippen LogP contribution < -0.4 is 16.4 Å². The minimum Gasteiger partial charge on any atom is -0.396 e. The molecule has 21 heavy (non-hydrogen) atoms. The van der Waals surface area contributed by atoms with Crippen molar-refractivity contribution >= 4 is 37.8 Å². The Balaban J connectivity index is 2.58. The van der Waals surface area contributed by atoms with Crippen molar-refractivity contribution < 1.29 is 13.2 Å². The number of primary amides is 1. The number of carbonyl (C=O) groups excluding carboxylic acids is 1. The Bertz CT molecular complexity index is 629. The fourth-order valence-electron chi connectivity index (χ4n) is 2.53. The molecule has 1 amide bonds. The lowest BCUT2D eigenvalue weighted by atomic mass is 10.2. The summed E-state index contributed by atoms with van der Waals surface area (Å²) in [4.78, 5) is 13.8. The molecule has 1 aromatic rings. The molecule has 2 rings (SSSR count). The summed E-state index contributed by atoms with van der Waals surface area (Å²) in [5.41, 5.74) is 11.2. The number of hydrogen-bond donors (Lipinski definition) is 2. The summed E-state index contributed by atoms with van der Waals surface area (Å²) in [5.74, 6) is -0.724. The molecule has 4 N–H and O–H groups in total. The van der Waals surface area contributed by atoms with Gasteiger partial charge in [0.15, 0.2) is 9.84 Å². The van der Waals surface area contributed by atoms with Crippen LogP contribution in [0.25, 0.3) is 0 Å². The number of hydrogen-bond acceptors (Lipinski definition) is 6. The number of anilines is 2. The molecule has 2 heterocycles. The van der Waals surface area contributed by atoms with Gasteiger partial charge in [-0.2, -0.15) is 0 Å². The Morgan fingerprint density at radius 3 is 2.29 bits per heavy atom. The maximum Gasteiger partial charge on any atom is 0.261 e. The molecule has 8 heteroatoms. The van der Waals surface area contributed by atoms with Crippen LogP contribution in [-0.4, -0.2) is 33.2 Å². The van der Waals surface area contributed by atoms with Gasteiger partial charge in [-0.15, -0.1) is 11.3 Å². The lowest BCUT2D eigenvalue weighted by Gasteiger charge is -2.22. The molecule has 0 bridgehead atoms. The van der Waals surface area contributed by atoms with E-state index in [-0.39, 0.29) is 21.2 Å². The second-order valence-electron chi connectivity index (χ2n) is 5.15. The van der Waals surface area contributed by atoms with E-state index < -0.39 is 15.7 Å². The summed E-state index contributed by atoms with van der Waals surface area (Å²) in [6.45, 7) is 3.14. The summed E-state index contributed by atoms with van der Waals surface area (Å²) >= 11 is 1.10. The van der Waals surface area contributed by atoms with Crippen molar-refractivity contribution in [2.75, 3.05) is 29.5 Å². The minimum atomic E-state index is -3.50. The van der Waals surface area contributed by atoms with Gasteiger partial charge >= 0.3 is 0 Å². The smallest absolute Gasteiger partial charge is 0.261 e. The van der Waals surface area contributed by atoms with Crippen molar-refractivity contribution in [1.29, 1.82) is 0 Å². The zero-order chi connectivity index (χ0) is 15.6. The van der Waals surface area contributed by atoms with Crippen LogP contribution in [0.3, 0.4) is 0 Å². The van der Waals surface area contributed by atoms with Gasteiger partial charge < -0.3 is 16.4 Å². The number of amides is 1. The van der Waals surface area contributed by atoms with E-state index in [2.05, 4.69) is 0 Å². The van der Waals surface area contributed by atoms with Gasteiger partial charge in [0.1, 0.15) is 14.8 Å². The quantitative estimate of drug-likeness (QED) is 0.871. The number of nitrogens with zero attached hydrogens (tertiary/aromatic N) is 1. The first-order valence-electron chi connectivity index (χ1n) is 7.08. The third-order valence-corrected chi connectivity index (χ3v) is 6.90. The molecule has 0 aliphatic carbocycles. The molecule has 6 nitrogen and oxygen atoms in total. The second kappa shape index (κ2) is 6.23. The SMILES string of the molecule is CCS(=O)(=O)c1c(N2CCCCCC2)sc(C(N)=O)c1N. The van der Waals surface area contributed by atoms with Crippen molar-refractivity contribution in [3.63, 3.8) is 0 Å². The van der Waals surface area contributed by atoms with E-state index in [1.165, 1.54) is 0 Å². The maximum absolute atomic E-state index is 12.4. The molecular formula is C13H21N3O3S2. The number of rotatable bonds is 4. The molecule has 118 valence electrons. The van der Waals surface area contributed by atoms with E-state index in [1.807, 2.05) is 4.90 Å². The molecule has 0 radical (unpaired) electrons. The van der Waals surface area contributed by atoms with Crippen molar-refractivity contribution in [2.45, 2.75) is 37.5 Å². The van der Waals surface area contributed by atoms with Gasteiger partial charge in [-0.1, -0.05) is 19.8 Å². The van der Waals surface area contributed by atoms with Crippen LogP contribution in [0.4, 0.5) is 10.7 Å². The first-order valence-corrected chi connectivity index (χ1v) is 9.55. The zero-order valence-electron chi connectivity index (χ0n) is 12.1. The fraction of sp³-hybridized carbons (Fsp3) is 0.615. The number of thiophene rings is 1. The largest absolute Gasteiger partial charge is 0.396 e. The van der Waals surface area contributed by atoms with Crippen LogP contribution in [0.15, 0.2) is 4.90 Å². The molecule has 1 aliphatic rings. The van der Waals surface area contributed by atoms with Crippen LogP contribution in [0.5, 0.6) is 0 Å². The van der Waals surface area contributed by atoms with Crippen LogP contribution in [-0.2, 0) is 9.84 Å². The Morgan fingerprint density at radius 1 is 1.24 bits per heavy atom. The summed E-state index contributed by atoms with van der Waals surface area (Å²) in [7, 11) is -3.50. The molecule has 0 atom stereocenters. The van der Waals surface area contributed by atoms with E-state index >= 15 is 0 Å². The van der Waals surface area contributed by atoms with E-state index in [1.54, 1.807) is 6.92 Å². The molecule has 1 fully saturated rings. The van der Waals surface area contributed by atoms with Gasteiger partial charge in [-0.05, 0) is 12.8 Å². The van der Waals surface area contributed by atoms with Crippen molar-refractivity contribution in [1.82, 2.24) is 0 Å². The van der Waals surface area contributed by atoms with Gasteiger partial charge in [-0.3, -0.25) is 4.79 Å². The normalized spacial score (nSPS) is 16.7. The molecular weight excluding hydrogens is 310 g/mol. The van der Waals surface area contributed by atoms with E-state index in [4.69, 9.17) is 11.5 Å². The highest BCUT2D eigenvalue weighted by Gasteiger charge is 2.30. The van der Waals surface area contributed by atoms with Crippen molar-refractivity contribution in [3.05, 3.63) is 4.88 Å². The highest BCUT2D eigenvalue weighted by atomic mass is 32.2. The molecule has 1 aliphatic heterocycles. The molecule has 0 saturated carbocycles. The summed E-state index contributed by atoms with van der Waals surface area (Å²) < 4.78 is 24.7. The van der Waals surface area contributed by atoms with Gasteiger partial charge in [0.05, 0.1) is 11.4 Å². The molecule has 0 unspecified atom stereocenters. The van der Waals surface area contributed by atoms with Gasteiger partial charge in [0.25, 0.3) is 5.91 Å². The van der Waals surface area contributed by atoms with Crippen LogP contribution in [0, 0.1) is 0 Å². The van der Waals surface area contributed by atoms with Crippen LogP contribution >= 0.6 is 11.3 Å². The van der Waals surface area contributed by atoms with E-state index in [9.17, 15) is 13.2 Å². The van der Waals surface area contributed by atoms with E-state index in [0.717, 1.165) is 50.1 Å². The molecule has 1 aromatic heterocycles. The molecule has 1 saturated heterocycles. The lowest BCUT2D eigenvalue weighted by molar-refractivity contribution is 0.100. The number of sulfone groups is 1. The van der Waals surface area contributed by atoms with Gasteiger partial charge in [0, 0.05) is 13.1 Å². The molecule has 0 spiro atoms. The Morgan fingerprint density at radius 2 is 1.81 bits per heavy atom. The first kappa shape index (κ1) is 16.1. The average Bonchev–Trinajstić information content (AvgIpc) is 2.63. The Hall–Kier alpha value is -1.28. The van der Waals surface area contributed by atoms with Crippen LogP contribution in [0.1, 0.15) is 42.3 Å². The summed E-state index contributed by atoms with van der Waals surface area (Å²) in [6.07, 6.45) is 4.29. The predicted octanol–water partition coefficient (Wildman–Crippen LogP) is 1.60. The van der Waals surface area contributed by atoms with Crippen molar-refractivity contribution in [3.8, 4) is 0 Å².